The van der Waals surface area contributed by atoms with E-state index in [1.165, 1.54) is 45.8 Å². The molecule has 0 saturated carbocycles. The molecule has 0 radical (unpaired) electrons. The van der Waals surface area contributed by atoms with Crippen molar-refractivity contribution < 1.29 is 41.0 Å². The highest BCUT2D eigenvalue weighted by molar-refractivity contribution is 6.10. The minimum atomic E-state index is -4.76. The Morgan fingerprint density at radius 3 is 2.65 bits per heavy atom. The number of morpholine rings is 1. The predicted molar refractivity (Wildman–Crippen MR) is 169 cm³/mol. The van der Waals surface area contributed by atoms with Crippen LogP contribution in [0.4, 0.5) is 27.6 Å². The van der Waals surface area contributed by atoms with Gasteiger partial charge in [0.1, 0.15) is 22.8 Å². The number of aryl methyl sites for hydroxylation is 1. The average molecular weight is 678 g/mol. The molecule has 6 heterocycles. The van der Waals surface area contributed by atoms with Crippen molar-refractivity contribution in [1.82, 2.24) is 18.9 Å². The zero-order valence-electron chi connectivity index (χ0n) is 26.0. The SMILES string of the molecule is Cn1cnc2c3c(c(C(F)(F)F)cc21)-c1cccn2c(C(=O)c4cc(F)c(NC(=O)/C=C/CN5C[C@@H]6C[C@H]5CO6)c(F)c4)cc(c12)CCO3. The van der Waals surface area contributed by atoms with Gasteiger partial charge in [-0.15, -0.1) is 0 Å². The maximum atomic E-state index is 15.2. The zero-order valence-corrected chi connectivity index (χ0v) is 26.0. The molecule has 2 saturated heterocycles. The maximum Gasteiger partial charge on any atom is 0.417 e. The van der Waals surface area contributed by atoms with Gasteiger partial charge in [-0.3, -0.25) is 14.5 Å². The van der Waals surface area contributed by atoms with Crippen LogP contribution in [0.25, 0.3) is 27.7 Å². The third-order valence-electron chi connectivity index (χ3n) is 9.44. The van der Waals surface area contributed by atoms with Crippen LogP contribution < -0.4 is 10.1 Å². The Bertz CT molecular complexity index is 2200. The molecule has 8 rings (SSSR count). The smallest absolute Gasteiger partial charge is 0.417 e. The van der Waals surface area contributed by atoms with E-state index in [0.29, 0.717) is 30.3 Å². The number of benzene rings is 2. The van der Waals surface area contributed by atoms with E-state index in [1.807, 2.05) is 0 Å². The second kappa shape index (κ2) is 11.5. The summed E-state index contributed by atoms with van der Waals surface area (Å²) >= 11 is 0. The molecule has 3 aromatic heterocycles. The number of hydrogen-bond donors (Lipinski definition) is 1. The van der Waals surface area contributed by atoms with Gasteiger partial charge in [-0.05, 0) is 42.3 Å². The van der Waals surface area contributed by atoms with Gasteiger partial charge < -0.3 is 23.8 Å². The van der Waals surface area contributed by atoms with Crippen LogP contribution in [0.1, 0.15) is 33.6 Å². The first kappa shape index (κ1) is 31.2. The van der Waals surface area contributed by atoms with Crippen LogP contribution in [0.15, 0.2) is 61.1 Å². The third kappa shape index (κ3) is 5.26. The van der Waals surface area contributed by atoms with Crippen LogP contribution in [0.5, 0.6) is 5.75 Å². The summed E-state index contributed by atoms with van der Waals surface area (Å²) in [6.07, 6.45) is 2.35. The lowest BCUT2D eigenvalue weighted by Gasteiger charge is -2.24. The highest BCUT2D eigenvalue weighted by atomic mass is 19.4. The molecular weight excluding hydrogens is 649 g/mol. The number of nitrogens with one attached hydrogen (secondary N) is 1. The normalized spacial score (nSPS) is 19.0. The molecule has 1 amide bonds. The van der Waals surface area contributed by atoms with Crippen LogP contribution in [-0.4, -0.2) is 69.0 Å². The summed E-state index contributed by atoms with van der Waals surface area (Å²) in [5.41, 5.74) is -0.672. The molecule has 1 N–H and O–H groups in total. The van der Waals surface area contributed by atoms with Crippen molar-refractivity contribution in [3.05, 3.63) is 95.1 Å². The molecule has 49 heavy (non-hydrogen) atoms. The Morgan fingerprint density at radius 1 is 1.14 bits per heavy atom. The number of carbonyl (C=O) groups is 2. The lowest BCUT2D eigenvalue weighted by atomic mass is 9.94. The van der Waals surface area contributed by atoms with Crippen LogP contribution >= 0.6 is 0 Å². The fourth-order valence-corrected chi connectivity index (χ4v) is 7.17. The van der Waals surface area contributed by atoms with Gasteiger partial charge in [0.15, 0.2) is 5.75 Å². The fourth-order valence-electron chi connectivity index (χ4n) is 7.17. The number of hydrogen-bond acceptors (Lipinski definition) is 6. The minimum Gasteiger partial charge on any atom is -0.490 e. The number of ketones is 1. The summed E-state index contributed by atoms with van der Waals surface area (Å²) in [7, 11) is 1.59. The van der Waals surface area contributed by atoms with E-state index in [1.54, 1.807) is 13.1 Å². The van der Waals surface area contributed by atoms with Crippen molar-refractivity contribution in [3.63, 3.8) is 0 Å². The van der Waals surface area contributed by atoms with Crippen molar-refractivity contribution >= 4 is 33.9 Å². The number of pyridine rings is 1. The van der Waals surface area contributed by atoms with E-state index in [-0.39, 0.29) is 58.3 Å². The number of ether oxygens (including phenoxy) is 2. The Morgan fingerprint density at radius 2 is 1.94 bits per heavy atom. The van der Waals surface area contributed by atoms with Crippen LogP contribution in [0, 0.1) is 11.6 Å². The van der Waals surface area contributed by atoms with Crippen LogP contribution in [-0.2, 0) is 29.2 Å². The van der Waals surface area contributed by atoms with Gasteiger partial charge in [0.2, 0.25) is 11.7 Å². The van der Waals surface area contributed by atoms with Crippen LogP contribution in [0.2, 0.25) is 0 Å². The summed E-state index contributed by atoms with van der Waals surface area (Å²) in [6, 6.07) is 7.47. The fraction of sp³-hybridized carbons (Fsp3) is 0.286. The molecule has 9 nitrogen and oxygen atoms in total. The van der Waals surface area contributed by atoms with Crippen molar-refractivity contribution in [2.45, 2.75) is 31.2 Å². The highest BCUT2D eigenvalue weighted by Crippen LogP contribution is 2.48. The predicted octanol–water partition coefficient (Wildman–Crippen LogP) is 5.92. The summed E-state index contributed by atoms with van der Waals surface area (Å²) < 4.78 is 88.6. The molecule has 2 fully saturated rings. The molecule has 5 aromatic rings. The number of anilines is 1. The summed E-state index contributed by atoms with van der Waals surface area (Å²) in [5, 5.41) is 2.21. The van der Waals surface area contributed by atoms with Gasteiger partial charge in [-0.1, -0.05) is 12.1 Å². The lowest BCUT2D eigenvalue weighted by molar-refractivity contribution is -0.137. The maximum absolute atomic E-state index is 15.2. The summed E-state index contributed by atoms with van der Waals surface area (Å²) in [4.78, 5) is 32.8. The van der Waals surface area contributed by atoms with E-state index in [9.17, 15) is 22.8 Å². The van der Waals surface area contributed by atoms with Gasteiger partial charge in [-0.25, -0.2) is 13.8 Å². The standard InChI is InChI=1S/C35H28F5N5O4/c1-43-17-41-31-26(43)14-23(35(38,39)40)29-22-4-2-8-45-27(12-18(32(22)45)6-9-48-34(29)31)33(47)19-10-24(36)30(25(37)11-19)42-28(46)5-3-7-44-15-21-13-20(44)16-49-21/h2-5,8,10-12,14,17,20-21H,6-7,9,13,15-16H2,1H3,(H,42,46)/b5-3+/t20-,21-/m0/s1. The molecule has 2 bridgehead atoms. The first-order chi connectivity index (χ1) is 23.5. The number of imidazole rings is 1. The molecule has 0 spiro atoms. The van der Waals surface area contributed by atoms with Gasteiger partial charge in [0.05, 0.1) is 47.9 Å². The number of likely N-dealkylation sites (tertiary alicyclic amines) is 1. The Balaban J connectivity index is 1.12. The van der Waals surface area contributed by atoms with E-state index in [4.69, 9.17) is 9.47 Å². The number of rotatable bonds is 6. The average Bonchev–Trinajstić information content (AvgIpc) is 3.85. The van der Waals surface area contributed by atoms with Crippen molar-refractivity contribution in [1.29, 1.82) is 0 Å². The van der Waals surface area contributed by atoms with E-state index in [0.717, 1.165) is 31.2 Å². The quantitative estimate of drug-likeness (QED) is 0.136. The zero-order chi connectivity index (χ0) is 34.2. The van der Waals surface area contributed by atoms with Crippen molar-refractivity contribution in [3.8, 4) is 16.9 Å². The highest BCUT2D eigenvalue weighted by Gasteiger charge is 2.39. The molecule has 2 aromatic carbocycles. The van der Waals surface area contributed by atoms with E-state index < -0.39 is 40.8 Å². The lowest BCUT2D eigenvalue weighted by Crippen LogP contribution is -2.36. The van der Waals surface area contributed by atoms with Gasteiger partial charge >= 0.3 is 6.18 Å². The third-order valence-corrected chi connectivity index (χ3v) is 9.44. The van der Waals surface area contributed by atoms with Gasteiger partial charge in [-0.2, -0.15) is 13.2 Å². The van der Waals surface area contributed by atoms with Gasteiger partial charge in [0.25, 0.3) is 0 Å². The second-order valence-corrected chi connectivity index (χ2v) is 12.5. The molecule has 3 aliphatic rings. The summed E-state index contributed by atoms with van der Waals surface area (Å²) in [5.74, 6) is -3.84. The van der Waals surface area contributed by atoms with Crippen molar-refractivity contribution in [2.75, 3.05) is 31.6 Å². The number of carbonyl (C=O) groups excluding carboxylic acids is 2. The number of aromatic nitrogens is 3. The molecule has 14 heteroatoms. The summed E-state index contributed by atoms with van der Waals surface area (Å²) in [6.45, 7) is 1.89. The van der Waals surface area contributed by atoms with Crippen LogP contribution in [0.3, 0.4) is 0 Å². The van der Waals surface area contributed by atoms with Crippen molar-refractivity contribution in [2.24, 2.45) is 7.05 Å². The number of nitrogens with zero attached hydrogens (tertiary/aromatic N) is 4. The van der Waals surface area contributed by atoms with E-state index in [2.05, 4.69) is 15.2 Å². The first-order valence-corrected chi connectivity index (χ1v) is 15.7. The number of amides is 1. The Hall–Kier alpha value is -5.08. The molecule has 3 aliphatic heterocycles. The largest absolute Gasteiger partial charge is 0.490 e. The van der Waals surface area contributed by atoms with Gasteiger partial charge in [0, 0.05) is 61.6 Å². The number of fused-ring (bicyclic) bond motifs is 6. The Kier molecular flexibility index (Phi) is 7.33. The first-order valence-electron chi connectivity index (χ1n) is 15.7. The molecular formula is C35H28F5N5O4. The minimum absolute atomic E-state index is 0.0118. The molecule has 0 aliphatic carbocycles. The monoisotopic (exact) mass is 677 g/mol. The molecule has 0 unspecified atom stereocenters. The molecule has 2 atom stereocenters. The van der Waals surface area contributed by atoms with E-state index >= 15 is 8.78 Å². The number of alkyl halides is 3. The Labute approximate surface area is 275 Å². The second-order valence-electron chi connectivity index (χ2n) is 12.5. The topological polar surface area (TPSA) is 90.1 Å². The molecule has 252 valence electrons. The number of halogens is 5.